The maximum Gasteiger partial charge on any atom is 0.326 e. The molecule has 0 fully saturated rings. The van der Waals surface area contributed by atoms with Gasteiger partial charge in [0, 0.05) is 22.8 Å². The van der Waals surface area contributed by atoms with Crippen molar-refractivity contribution in [2.45, 2.75) is 4.90 Å². The fourth-order valence-corrected chi connectivity index (χ4v) is 4.18. The SMILES string of the molecule is COc1ccc(-c2csc(/C(C#N)=C/Nc3ccc(S(=O)(=O)NC(N)=O)cc3)n2)cc1. The van der Waals surface area contributed by atoms with Crippen molar-refractivity contribution in [3.8, 4) is 23.1 Å². The molecule has 0 aliphatic heterocycles. The number of rotatable bonds is 7. The number of allylic oxidation sites excluding steroid dienone is 1. The number of benzene rings is 2. The highest BCUT2D eigenvalue weighted by Gasteiger charge is 2.15. The van der Waals surface area contributed by atoms with Gasteiger partial charge in [-0.3, -0.25) is 0 Å². The fraction of sp³-hybridized carbons (Fsp3) is 0.0500. The maximum absolute atomic E-state index is 11.9. The summed E-state index contributed by atoms with van der Waals surface area (Å²) >= 11 is 1.33. The maximum atomic E-state index is 11.9. The van der Waals surface area contributed by atoms with Crippen molar-refractivity contribution in [1.82, 2.24) is 9.71 Å². The number of thiazole rings is 1. The highest BCUT2D eigenvalue weighted by Crippen LogP contribution is 2.27. The molecule has 11 heteroatoms. The van der Waals surface area contributed by atoms with Gasteiger partial charge >= 0.3 is 6.03 Å². The molecule has 0 aliphatic rings. The zero-order chi connectivity index (χ0) is 22.4. The third-order valence-electron chi connectivity index (χ3n) is 4.02. The van der Waals surface area contributed by atoms with Crippen LogP contribution in [0.4, 0.5) is 10.5 Å². The highest BCUT2D eigenvalue weighted by atomic mass is 32.2. The van der Waals surface area contributed by atoms with Crippen molar-refractivity contribution >= 4 is 38.7 Å². The summed E-state index contributed by atoms with van der Waals surface area (Å²) in [5, 5.41) is 14.8. The van der Waals surface area contributed by atoms with Crippen LogP contribution in [0.1, 0.15) is 5.01 Å². The second kappa shape index (κ2) is 9.29. The molecular weight excluding hydrogens is 438 g/mol. The number of nitrogens with two attached hydrogens (primary N) is 1. The van der Waals surface area contributed by atoms with Gasteiger partial charge in [0.15, 0.2) is 0 Å². The van der Waals surface area contributed by atoms with Crippen LogP contribution in [0.25, 0.3) is 16.8 Å². The number of urea groups is 1. The number of anilines is 1. The van der Waals surface area contributed by atoms with Gasteiger partial charge in [0.25, 0.3) is 10.0 Å². The standard InChI is InChI=1S/C20H17N5O4S2/c1-29-16-6-2-13(3-7-16)18-12-30-19(24-18)14(10-21)11-23-15-4-8-17(9-5-15)31(27,28)25-20(22)26/h2-9,11-12,23H,1H3,(H3,22,25,26)/b14-11+. The summed E-state index contributed by atoms with van der Waals surface area (Å²) in [5.41, 5.74) is 7.35. The van der Waals surface area contributed by atoms with Crippen LogP contribution in [-0.4, -0.2) is 26.5 Å². The van der Waals surface area contributed by atoms with Crippen molar-refractivity contribution in [3.63, 3.8) is 0 Å². The van der Waals surface area contributed by atoms with E-state index >= 15 is 0 Å². The molecule has 2 amide bonds. The van der Waals surface area contributed by atoms with Crippen LogP contribution in [0.2, 0.25) is 0 Å². The van der Waals surface area contributed by atoms with E-state index in [0.29, 0.717) is 16.3 Å². The highest BCUT2D eigenvalue weighted by molar-refractivity contribution is 7.90. The average molecular weight is 456 g/mol. The van der Waals surface area contributed by atoms with Crippen molar-refractivity contribution in [1.29, 1.82) is 5.26 Å². The van der Waals surface area contributed by atoms with E-state index in [1.807, 2.05) is 29.6 Å². The zero-order valence-electron chi connectivity index (χ0n) is 16.2. The van der Waals surface area contributed by atoms with Crippen molar-refractivity contribution in [2.75, 3.05) is 12.4 Å². The molecule has 0 bridgehead atoms. The van der Waals surface area contributed by atoms with E-state index in [-0.39, 0.29) is 4.90 Å². The quantitative estimate of drug-likeness (QED) is 0.464. The minimum Gasteiger partial charge on any atom is -0.497 e. The first-order valence-electron chi connectivity index (χ1n) is 8.72. The Morgan fingerprint density at radius 3 is 2.45 bits per heavy atom. The lowest BCUT2D eigenvalue weighted by Crippen LogP contribution is -2.34. The second-order valence-electron chi connectivity index (χ2n) is 6.07. The number of carbonyl (C=O) groups is 1. The number of aromatic nitrogens is 1. The lowest BCUT2D eigenvalue weighted by atomic mass is 10.2. The first-order valence-corrected chi connectivity index (χ1v) is 11.1. The summed E-state index contributed by atoms with van der Waals surface area (Å²) in [6.07, 6.45) is 1.49. The Balaban J connectivity index is 1.75. The van der Waals surface area contributed by atoms with Crippen molar-refractivity contribution < 1.29 is 17.9 Å². The van der Waals surface area contributed by atoms with E-state index < -0.39 is 16.1 Å². The summed E-state index contributed by atoms with van der Waals surface area (Å²) in [4.78, 5) is 15.2. The Morgan fingerprint density at radius 2 is 1.87 bits per heavy atom. The normalized spacial score (nSPS) is 11.4. The number of sulfonamides is 1. The van der Waals surface area contributed by atoms with E-state index in [0.717, 1.165) is 17.0 Å². The van der Waals surface area contributed by atoms with Crippen LogP contribution in [0.15, 0.2) is 65.0 Å². The van der Waals surface area contributed by atoms with Crippen molar-refractivity contribution in [2.24, 2.45) is 5.73 Å². The van der Waals surface area contributed by atoms with Gasteiger partial charge in [-0.2, -0.15) is 5.26 Å². The molecule has 31 heavy (non-hydrogen) atoms. The molecule has 9 nitrogen and oxygen atoms in total. The molecule has 1 heterocycles. The molecule has 2 aromatic carbocycles. The number of nitrogens with zero attached hydrogens (tertiary/aromatic N) is 2. The molecule has 0 saturated carbocycles. The molecule has 0 saturated heterocycles. The van der Waals surface area contributed by atoms with Gasteiger partial charge in [0.2, 0.25) is 0 Å². The van der Waals surface area contributed by atoms with Crippen LogP contribution < -0.4 is 20.5 Å². The van der Waals surface area contributed by atoms with Crippen LogP contribution >= 0.6 is 11.3 Å². The Morgan fingerprint density at radius 1 is 1.19 bits per heavy atom. The van der Waals surface area contributed by atoms with Gasteiger partial charge in [0.1, 0.15) is 22.4 Å². The lowest BCUT2D eigenvalue weighted by molar-refractivity contribution is 0.253. The third kappa shape index (κ3) is 5.39. The number of hydrogen-bond acceptors (Lipinski definition) is 8. The van der Waals surface area contributed by atoms with Gasteiger partial charge < -0.3 is 15.8 Å². The molecule has 0 spiro atoms. The topological polar surface area (TPSA) is 147 Å². The molecule has 3 rings (SSSR count). The Hall–Kier alpha value is -3.88. The average Bonchev–Trinajstić information content (AvgIpc) is 3.24. The second-order valence-corrected chi connectivity index (χ2v) is 8.62. The van der Waals surface area contributed by atoms with Gasteiger partial charge in [-0.25, -0.2) is 22.9 Å². The molecule has 0 aliphatic carbocycles. The van der Waals surface area contributed by atoms with Crippen LogP contribution in [0, 0.1) is 11.3 Å². The number of ether oxygens (including phenoxy) is 1. The Bertz CT molecular complexity index is 1260. The number of nitriles is 1. The fourth-order valence-electron chi connectivity index (χ4n) is 2.51. The smallest absolute Gasteiger partial charge is 0.326 e. The van der Waals surface area contributed by atoms with E-state index in [2.05, 4.69) is 16.4 Å². The minimum atomic E-state index is -4.02. The molecule has 0 radical (unpaired) electrons. The number of hydrogen-bond donors (Lipinski definition) is 3. The van der Waals surface area contributed by atoms with Gasteiger partial charge in [-0.05, 0) is 48.5 Å². The number of carbonyl (C=O) groups excluding carboxylic acids is 1. The largest absolute Gasteiger partial charge is 0.497 e. The lowest BCUT2D eigenvalue weighted by Gasteiger charge is -2.06. The summed E-state index contributed by atoms with van der Waals surface area (Å²) in [5.74, 6) is 0.741. The summed E-state index contributed by atoms with van der Waals surface area (Å²) in [6.45, 7) is 0. The van der Waals surface area contributed by atoms with E-state index in [9.17, 15) is 18.5 Å². The zero-order valence-corrected chi connectivity index (χ0v) is 17.8. The molecule has 1 aromatic heterocycles. The third-order valence-corrected chi connectivity index (χ3v) is 6.26. The van der Waals surface area contributed by atoms with Crippen LogP contribution in [0.5, 0.6) is 5.75 Å². The summed E-state index contributed by atoms with van der Waals surface area (Å²) in [7, 11) is -2.42. The molecule has 4 N–H and O–H groups in total. The van der Waals surface area contributed by atoms with Crippen LogP contribution in [0.3, 0.4) is 0 Å². The Labute approximate surface area is 182 Å². The summed E-state index contributed by atoms with van der Waals surface area (Å²) < 4.78 is 30.6. The number of nitrogens with one attached hydrogen (secondary N) is 2. The first-order chi connectivity index (χ1) is 14.8. The number of primary amides is 1. The van der Waals surface area contributed by atoms with Gasteiger partial charge in [-0.1, -0.05) is 0 Å². The van der Waals surface area contributed by atoms with Gasteiger partial charge in [0.05, 0.1) is 17.7 Å². The van der Waals surface area contributed by atoms with E-state index in [4.69, 9.17) is 10.5 Å². The predicted molar refractivity (Wildman–Crippen MR) is 118 cm³/mol. The molecule has 3 aromatic rings. The van der Waals surface area contributed by atoms with Crippen molar-refractivity contribution in [3.05, 3.63) is 65.1 Å². The van der Waals surface area contributed by atoms with Crippen LogP contribution in [-0.2, 0) is 10.0 Å². The van der Waals surface area contributed by atoms with Gasteiger partial charge in [-0.15, -0.1) is 11.3 Å². The molecular formula is C20H17N5O4S2. The van der Waals surface area contributed by atoms with E-state index in [1.165, 1.54) is 41.8 Å². The molecule has 158 valence electrons. The first kappa shape index (κ1) is 21.8. The Kier molecular flexibility index (Phi) is 6.54. The number of amides is 2. The predicted octanol–water partition coefficient (Wildman–Crippen LogP) is 3.15. The number of methoxy groups -OCH3 is 1. The molecule has 0 atom stereocenters. The van der Waals surface area contributed by atoms with E-state index in [1.54, 1.807) is 11.8 Å². The summed E-state index contributed by atoms with van der Waals surface area (Å²) in [6, 6.07) is 14.0. The monoisotopic (exact) mass is 455 g/mol. The molecule has 0 unspecified atom stereocenters. The minimum absolute atomic E-state index is 0.120.